The molecule has 150 valence electrons. The summed E-state index contributed by atoms with van der Waals surface area (Å²) in [4.78, 5) is 16.2. The molecule has 0 aromatic heterocycles. The number of benzene rings is 2. The Bertz CT molecular complexity index is 758. The highest BCUT2D eigenvalue weighted by Gasteiger charge is 2.04. The first-order chi connectivity index (χ1) is 13.6. The number of carbonyl (C=O) groups is 1. The molecule has 0 spiro atoms. The predicted octanol–water partition coefficient (Wildman–Crippen LogP) is 1.73. The molecular formula is C21H28N4O3. The maximum Gasteiger partial charge on any atom is 0.239 e. The van der Waals surface area contributed by atoms with E-state index < -0.39 is 0 Å². The molecule has 3 N–H and O–H groups in total. The summed E-state index contributed by atoms with van der Waals surface area (Å²) in [5.74, 6) is 2.12. The van der Waals surface area contributed by atoms with Crippen LogP contribution in [0.25, 0.3) is 0 Å². The minimum absolute atomic E-state index is 0.103. The van der Waals surface area contributed by atoms with E-state index >= 15 is 0 Å². The average molecular weight is 384 g/mol. The van der Waals surface area contributed by atoms with Crippen molar-refractivity contribution in [3.05, 3.63) is 59.7 Å². The number of nitrogens with zero attached hydrogens (tertiary/aromatic N) is 1. The number of methoxy groups -OCH3 is 2. The highest BCUT2D eigenvalue weighted by atomic mass is 16.5. The van der Waals surface area contributed by atoms with Crippen molar-refractivity contribution in [2.45, 2.75) is 13.0 Å². The number of ether oxygens (including phenoxy) is 2. The van der Waals surface area contributed by atoms with Gasteiger partial charge in [0.15, 0.2) is 5.96 Å². The molecule has 2 aromatic carbocycles. The second kappa shape index (κ2) is 11.5. The van der Waals surface area contributed by atoms with Crippen molar-refractivity contribution in [2.75, 3.05) is 34.4 Å². The van der Waals surface area contributed by atoms with Gasteiger partial charge in [-0.25, -0.2) is 0 Å². The third kappa shape index (κ3) is 7.19. The number of rotatable bonds is 9. The van der Waals surface area contributed by atoms with Crippen LogP contribution in [0.1, 0.15) is 11.1 Å². The highest BCUT2D eigenvalue weighted by molar-refractivity contribution is 5.86. The Hall–Kier alpha value is -3.22. The monoisotopic (exact) mass is 384 g/mol. The van der Waals surface area contributed by atoms with Crippen molar-refractivity contribution in [3.63, 3.8) is 0 Å². The molecule has 0 fully saturated rings. The number of hydrogen-bond acceptors (Lipinski definition) is 4. The van der Waals surface area contributed by atoms with Gasteiger partial charge in [0.1, 0.15) is 11.5 Å². The van der Waals surface area contributed by atoms with Gasteiger partial charge in [0.25, 0.3) is 0 Å². The van der Waals surface area contributed by atoms with Crippen LogP contribution in [-0.4, -0.2) is 46.2 Å². The molecule has 0 saturated carbocycles. The van der Waals surface area contributed by atoms with E-state index in [0.717, 1.165) is 23.5 Å². The van der Waals surface area contributed by atoms with Gasteiger partial charge in [-0.05, 0) is 41.8 Å². The smallest absolute Gasteiger partial charge is 0.239 e. The summed E-state index contributed by atoms with van der Waals surface area (Å²) < 4.78 is 10.3. The Morgan fingerprint density at radius 1 is 0.857 bits per heavy atom. The zero-order valence-corrected chi connectivity index (χ0v) is 16.6. The summed E-state index contributed by atoms with van der Waals surface area (Å²) in [7, 11) is 4.96. The fourth-order valence-electron chi connectivity index (χ4n) is 2.51. The fraction of sp³-hybridized carbons (Fsp3) is 0.333. The second-order valence-electron chi connectivity index (χ2n) is 6.08. The van der Waals surface area contributed by atoms with E-state index in [1.807, 2.05) is 48.5 Å². The second-order valence-corrected chi connectivity index (χ2v) is 6.08. The first kappa shape index (κ1) is 21.1. The third-order valence-corrected chi connectivity index (χ3v) is 4.15. The van der Waals surface area contributed by atoms with Gasteiger partial charge in [-0.15, -0.1) is 0 Å². The molecule has 0 bridgehead atoms. The van der Waals surface area contributed by atoms with Crippen LogP contribution in [0.2, 0.25) is 0 Å². The number of aliphatic imine (C=N–C) groups is 1. The van der Waals surface area contributed by atoms with E-state index in [1.54, 1.807) is 21.3 Å². The van der Waals surface area contributed by atoms with E-state index in [9.17, 15) is 4.79 Å². The lowest BCUT2D eigenvalue weighted by molar-refractivity contribution is -0.120. The van der Waals surface area contributed by atoms with Crippen molar-refractivity contribution in [1.29, 1.82) is 0 Å². The summed E-state index contributed by atoms with van der Waals surface area (Å²) in [5.41, 5.74) is 2.21. The number of amides is 1. The normalized spacial score (nSPS) is 10.9. The average Bonchev–Trinajstić information content (AvgIpc) is 2.75. The fourth-order valence-corrected chi connectivity index (χ4v) is 2.51. The summed E-state index contributed by atoms with van der Waals surface area (Å²) in [6.45, 7) is 1.33. The Labute approximate surface area is 166 Å². The van der Waals surface area contributed by atoms with Gasteiger partial charge in [-0.3, -0.25) is 9.79 Å². The topological polar surface area (TPSA) is 84.0 Å². The van der Waals surface area contributed by atoms with Crippen molar-refractivity contribution < 1.29 is 14.3 Å². The van der Waals surface area contributed by atoms with Gasteiger partial charge in [-0.1, -0.05) is 24.3 Å². The first-order valence-corrected chi connectivity index (χ1v) is 9.11. The summed E-state index contributed by atoms with van der Waals surface area (Å²) in [6.07, 6.45) is 0.842. The lowest BCUT2D eigenvalue weighted by atomic mass is 10.1. The van der Waals surface area contributed by atoms with Crippen LogP contribution in [0.4, 0.5) is 0 Å². The molecule has 0 aliphatic heterocycles. The molecule has 0 atom stereocenters. The molecule has 0 unspecified atom stereocenters. The molecule has 0 saturated heterocycles. The minimum Gasteiger partial charge on any atom is -0.497 e. The molecule has 7 nitrogen and oxygen atoms in total. The van der Waals surface area contributed by atoms with Gasteiger partial charge < -0.3 is 25.4 Å². The van der Waals surface area contributed by atoms with Crippen LogP contribution in [0, 0.1) is 0 Å². The molecule has 2 aromatic rings. The van der Waals surface area contributed by atoms with E-state index in [0.29, 0.717) is 19.0 Å². The SMILES string of the molecule is CN=C(NCCc1ccc(OC)cc1)NCC(=O)NCc1ccc(OC)cc1. The molecule has 0 aliphatic carbocycles. The Kier molecular flexibility index (Phi) is 8.65. The van der Waals surface area contributed by atoms with Crippen LogP contribution in [0.3, 0.4) is 0 Å². The first-order valence-electron chi connectivity index (χ1n) is 9.11. The van der Waals surface area contributed by atoms with E-state index in [2.05, 4.69) is 20.9 Å². The molecule has 2 rings (SSSR count). The van der Waals surface area contributed by atoms with Gasteiger partial charge in [-0.2, -0.15) is 0 Å². The van der Waals surface area contributed by atoms with Crippen molar-refractivity contribution in [1.82, 2.24) is 16.0 Å². The van der Waals surface area contributed by atoms with Crippen LogP contribution in [0.15, 0.2) is 53.5 Å². The minimum atomic E-state index is -0.103. The van der Waals surface area contributed by atoms with Gasteiger partial charge in [0.05, 0.1) is 20.8 Å². The lowest BCUT2D eigenvalue weighted by Crippen LogP contribution is -2.43. The van der Waals surface area contributed by atoms with Crippen molar-refractivity contribution >= 4 is 11.9 Å². The Morgan fingerprint density at radius 3 is 1.96 bits per heavy atom. The Balaban J connectivity index is 1.66. The van der Waals surface area contributed by atoms with Crippen LogP contribution >= 0.6 is 0 Å². The Morgan fingerprint density at radius 2 is 1.43 bits per heavy atom. The summed E-state index contributed by atoms with van der Waals surface area (Å²) >= 11 is 0. The van der Waals surface area contributed by atoms with Crippen LogP contribution in [-0.2, 0) is 17.8 Å². The molecule has 0 aliphatic rings. The van der Waals surface area contributed by atoms with Crippen molar-refractivity contribution in [2.24, 2.45) is 4.99 Å². The molecule has 28 heavy (non-hydrogen) atoms. The molecule has 1 amide bonds. The number of guanidine groups is 1. The molecular weight excluding hydrogens is 356 g/mol. The maximum absolute atomic E-state index is 12.0. The molecule has 0 heterocycles. The highest BCUT2D eigenvalue weighted by Crippen LogP contribution is 2.11. The zero-order valence-electron chi connectivity index (χ0n) is 16.6. The molecule has 7 heteroatoms. The van der Waals surface area contributed by atoms with E-state index in [-0.39, 0.29) is 12.5 Å². The van der Waals surface area contributed by atoms with Gasteiger partial charge >= 0.3 is 0 Å². The van der Waals surface area contributed by atoms with Crippen molar-refractivity contribution in [3.8, 4) is 11.5 Å². The summed E-state index contributed by atoms with van der Waals surface area (Å²) in [5, 5.41) is 9.09. The largest absolute Gasteiger partial charge is 0.497 e. The van der Waals surface area contributed by atoms with E-state index in [1.165, 1.54) is 5.56 Å². The number of hydrogen-bond donors (Lipinski definition) is 3. The number of carbonyl (C=O) groups excluding carboxylic acids is 1. The number of nitrogens with one attached hydrogen (secondary N) is 3. The third-order valence-electron chi connectivity index (χ3n) is 4.15. The molecule has 0 radical (unpaired) electrons. The standard InChI is InChI=1S/C21H28N4O3/c1-22-21(23-13-12-16-4-8-18(27-2)9-5-16)25-15-20(26)24-14-17-6-10-19(28-3)11-7-17/h4-11H,12-15H2,1-3H3,(H,24,26)(H2,22,23,25). The van der Waals surface area contributed by atoms with E-state index in [4.69, 9.17) is 9.47 Å². The van der Waals surface area contributed by atoms with Crippen LogP contribution < -0.4 is 25.4 Å². The van der Waals surface area contributed by atoms with Gasteiger partial charge in [0.2, 0.25) is 5.91 Å². The van der Waals surface area contributed by atoms with Crippen LogP contribution in [0.5, 0.6) is 11.5 Å². The lowest BCUT2D eigenvalue weighted by Gasteiger charge is -2.12. The predicted molar refractivity (Wildman–Crippen MR) is 111 cm³/mol. The van der Waals surface area contributed by atoms with Gasteiger partial charge in [0, 0.05) is 20.1 Å². The maximum atomic E-state index is 12.0. The zero-order chi connectivity index (χ0) is 20.2. The summed E-state index contributed by atoms with van der Waals surface area (Å²) in [6, 6.07) is 15.5. The quantitative estimate of drug-likeness (QED) is 0.453.